The molecule has 2 N–H and O–H groups in total. The van der Waals surface area contributed by atoms with E-state index in [4.69, 9.17) is 10.2 Å². The number of halogens is 2. The monoisotopic (exact) mass is 979 g/mol. The molecular formula is C45H55F2N11O8S2. The zero-order valence-corrected chi connectivity index (χ0v) is 40.1. The summed E-state index contributed by atoms with van der Waals surface area (Å²) < 4.78 is 91.0. The fraction of sp³-hybridized carbons (Fsp3) is 0.400. The number of nitrogens with zero attached hydrogens (tertiary/aromatic N) is 10. The molecule has 2 amide bonds. The predicted molar refractivity (Wildman–Crippen MR) is 249 cm³/mol. The smallest absolute Gasteiger partial charge is 0.314 e. The number of amides is 2. The molecular weight excluding hydrogens is 925 g/mol. The van der Waals surface area contributed by atoms with E-state index in [1.807, 2.05) is 27.7 Å². The molecule has 19 nitrogen and oxygen atoms in total. The summed E-state index contributed by atoms with van der Waals surface area (Å²) in [6.45, 7) is 11.0. The number of carbonyl (C=O) groups is 3. The Morgan fingerprint density at radius 3 is 1.43 bits per heavy atom. The maximum absolute atomic E-state index is 13.8. The zero-order chi connectivity index (χ0) is 49.5. The van der Waals surface area contributed by atoms with Gasteiger partial charge in [-0.1, -0.05) is 36.4 Å². The Morgan fingerprint density at radius 1 is 0.676 bits per heavy atom. The summed E-state index contributed by atoms with van der Waals surface area (Å²) in [6.07, 6.45) is 3.23. The van der Waals surface area contributed by atoms with Crippen LogP contribution in [-0.4, -0.2) is 130 Å². The first kappa shape index (κ1) is 51.1. The second kappa shape index (κ2) is 21.8. The molecule has 3 aromatic heterocycles. The molecule has 0 aliphatic carbocycles. The molecule has 5 heterocycles. The fourth-order valence-corrected chi connectivity index (χ4v) is 12.0. The third-order valence-corrected chi connectivity index (χ3v) is 15.2. The summed E-state index contributed by atoms with van der Waals surface area (Å²) >= 11 is 0. The number of benzene rings is 2. The van der Waals surface area contributed by atoms with Gasteiger partial charge in [0, 0.05) is 87.7 Å². The number of hydrogen-bond acceptors (Lipinski definition) is 13. The maximum atomic E-state index is 13.8. The number of Topliss-reactive ketones (excluding diaryl/α,β-unsaturated/α-hetero) is 1. The summed E-state index contributed by atoms with van der Waals surface area (Å²) in [5, 5.41) is 6.96. The molecule has 7 rings (SSSR count). The van der Waals surface area contributed by atoms with Crippen molar-refractivity contribution in [1.29, 1.82) is 0 Å². The van der Waals surface area contributed by atoms with Crippen molar-refractivity contribution >= 4 is 49.4 Å². The van der Waals surface area contributed by atoms with Gasteiger partial charge in [-0.3, -0.25) is 33.0 Å². The molecule has 2 aliphatic heterocycles. The van der Waals surface area contributed by atoms with Crippen LogP contribution in [0.15, 0.2) is 102 Å². The van der Waals surface area contributed by atoms with Gasteiger partial charge in [0.25, 0.3) is 5.89 Å². The van der Waals surface area contributed by atoms with Gasteiger partial charge in [-0.05, 0) is 75.2 Å². The van der Waals surface area contributed by atoms with Crippen LogP contribution in [0.1, 0.15) is 75.3 Å². The minimum Gasteiger partial charge on any atom is -0.415 e. The van der Waals surface area contributed by atoms with E-state index in [9.17, 15) is 40.0 Å². The van der Waals surface area contributed by atoms with E-state index < -0.39 is 32.7 Å². The minimum atomic E-state index is -3.99. The number of rotatable bonds is 14. The Hall–Kier alpha value is -6.27. The van der Waals surface area contributed by atoms with Crippen LogP contribution >= 0.6 is 0 Å². The molecule has 23 heteroatoms. The lowest BCUT2D eigenvalue weighted by Crippen LogP contribution is -2.61. The van der Waals surface area contributed by atoms with E-state index in [1.165, 1.54) is 43.5 Å². The van der Waals surface area contributed by atoms with Crippen LogP contribution in [0.25, 0.3) is 11.5 Å². The molecule has 0 radical (unpaired) electrons. The molecule has 2 aliphatic rings. The molecule has 0 unspecified atom stereocenters. The van der Waals surface area contributed by atoms with Crippen molar-refractivity contribution in [3.63, 3.8) is 0 Å². The van der Waals surface area contributed by atoms with Crippen LogP contribution in [0.5, 0.6) is 0 Å². The van der Waals surface area contributed by atoms with Gasteiger partial charge < -0.3 is 20.0 Å². The molecule has 5 aromatic rings. The van der Waals surface area contributed by atoms with E-state index in [0.717, 1.165) is 5.56 Å². The van der Waals surface area contributed by atoms with Gasteiger partial charge in [-0.15, -0.1) is 10.2 Å². The molecule has 364 valence electrons. The molecule has 0 spiro atoms. The summed E-state index contributed by atoms with van der Waals surface area (Å²) in [7, 11) is -7.91. The Bertz CT molecular complexity index is 2720. The van der Waals surface area contributed by atoms with E-state index in [-0.39, 0.29) is 93.5 Å². The normalized spacial score (nSPS) is 19.3. The predicted octanol–water partition coefficient (Wildman–Crippen LogP) is 4.68. The average Bonchev–Trinajstić information content (AvgIpc) is 3.81. The zero-order valence-electron chi connectivity index (χ0n) is 38.5. The number of alkyl halides is 2. The minimum absolute atomic E-state index is 0.00386. The van der Waals surface area contributed by atoms with Gasteiger partial charge in [0.15, 0.2) is 5.78 Å². The number of piperazine rings is 2. The Kier molecular flexibility index (Phi) is 16.4. The molecule has 2 saturated heterocycles. The number of anilines is 2. The van der Waals surface area contributed by atoms with Gasteiger partial charge in [-0.25, -0.2) is 0 Å². The van der Waals surface area contributed by atoms with Crippen LogP contribution in [-0.2, 0) is 43.1 Å². The molecule has 0 bridgehead atoms. The highest BCUT2D eigenvalue weighted by atomic mass is 32.2. The van der Waals surface area contributed by atoms with Crippen LogP contribution < -0.4 is 14.3 Å². The van der Waals surface area contributed by atoms with E-state index in [0.29, 0.717) is 28.1 Å². The number of hydrogen-bond donors (Lipinski definition) is 1. The highest BCUT2D eigenvalue weighted by molar-refractivity contribution is 7.90. The molecule has 4 atom stereocenters. The lowest BCUT2D eigenvalue weighted by molar-refractivity contribution is -0.136. The van der Waals surface area contributed by atoms with Crippen molar-refractivity contribution in [2.24, 2.45) is 5.73 Å². The van der Waals surface area contributed by atoms with Gasteiger partial charge in [-0.2, -0.15) is 34.2 Å². The van der Waals surface area contributed by atoms with E-state index in [1.54, 1.807) is 95.0 Å². The van der Waals surface area contributed by atoms with Crippen molar-refractivity contribution in [3.8, 4) is 11.5 Å². The highest BCUT2D eigenvalue weighted by Crippen LogP contribution is 2.30. The number of aromatic nitrogens is 4. The van der Waals surface area contributed by atoms with Crippen LogP contribution in [0.2, 0.25) is 0 Å². The quantitative estimate of drug-likeness (QED) is 0.149. The number of carbonyl (C=O) groups excluding carboxylic acids is 3. The van der Waals surface area contributed by atoms with Crippen LogP contribution in [0.3, 0.4) is 0 Å². The van der Waals surface area contributed by atoms with Crippen molar-refractivity contribution in [2.45, 2.75) is 85.2 Å². The van der Waals surface area contributed by atoms with Gasteiger partial charge in [0.05, 0.1) is 43.4 Å². The second-order valence-corrected chi connectivity index (χ2v) is 20.3. The number of nitrogens with two attached hydrogens (primary N) is 1. The SMILES string of the molecule is CC(=O)N1[C@H](C)CN(S(=O)(=O)N(Cc2ccc(-c3nnc(C(F)F)o3)cc2)c2cccnc2)C[C@@H]1C.CC(=O)N1[C@H](C)CN(S(=O)(=O)N(Cc2ccc(C(=O)CN)cc2)c2cccnc2)C[C@@H]1C. The second-order valence-electron chi connectivity index (χ2n) is 16.6. The Labute approximate surface area is 394 Å². The van der Waals surface area contributed by atoms with E-state index >= 15 is 0 Å². The maximum Gasteiger partial charge on any atom is 0.314 e. The van der Waals surface area contributed by atoms with E-state index in [2.05, 4.69) is 20.2 Å². The number of pyridine rings is 2. The summed E-state index contributed by atoms with van der Waals surface area (Å²) in [5.41, 5.74) is 8.50. The summed E-state index contributed by atoms with van der Waals surface area (Å²) in [5.74, 6) is -1.17. The van der Waals surface area contributed by atoms with Crippen LogP contribution in [0, 0.1) is 0 Å². The first-order chi connectivity index (χ1) is 32.2. The van der Waals surface area contributed by atoms with Crippen molar-refractivity contribution in [3.05, 3.63) is 120 Å². The molecule has 2 fully saturated rings. The Balaban J connectivity index is 0.000000226. The third kappa shape index (κ3) is 11.7. The number of ketones is 1. The lowest BCUT2D eigenvalue weighted by Gasteiger charge is -2.44. The largest absolute Gasteiger partial charge is 0.415 e. The average molecular weight is 980 g/mol. The molecule has 68 heavy (non-hydrogen) atoms. The summed E-state index contributed by atoms with van der Waals surface area (Å²) in [6, 6.07) is 18.9. The fourth-order valence-electron chi connectivity index (χ4n) is 8.50. The Morgan fingerprint density at radius 2 is 1.09 bits per heavy atom. The van der Waals surface area contributed by atoms with Gasteiger partial charge in [0.2, 0.25) is 17.7 Å². The topological polar surface area (TPSA) is 230 Å². The van der Waals surface area contributed by atoms with Crippen molar-refractivity contribution < 1.29 is 44.4 Å². The van der Waals surface area contributed by atoms with Gasteiger partial charge in [0.1, 0.15) is 0 Å². The molecule has 2 aromatic carbocycles. The standard InChI is InChI=1S/C23H26F2N6O4S.C22H29N5O4S/c1-15-12-29(13-16(2)31(15)17(3)32)36(33,34)30(20-5-4-10-26-11-20)14-18-6-8-19(9-7-18)22-27-28-23(35-22)21(24)25;1-16-13-25(14-17(2)27(16)18(3)28)32(30,31)26(21-5-4-10-24-12-21)15-19-6-8-20(9-7-19)22(29)11-23/h4-11,15-16,21H,12-14H2,1-3H3;4-10,12,16-17H,11,13-15,23H2,1-3H3/t15-,16+;16-,17+. The summed E-state index contributed by atoms with van der Waals surface area (Å²) in [4.78, 5) is 47.4. The third-order valence-electron chi connectivity index (χ3n) is 11.5. The highest BCUT2D eigenvalue weighted by Gasteiger charge is 2.41. The first-order valence-corrected chi connectivity index (χ1v) is 24.5. The molecule has 0 saturated carbocycles. The van der Waals surface area contributed by atoms with Gasteiger partial charge >= 0.3 is 26.8 Å². The van der Waals surface area contributed by atoms with Crippen molar-refractivity contribution in [2.75, 3.05) is 41.3 Å². The van der Waals surface area contributed by atoms with Crippen LogP contribution in [0.4, 0.5) is 20.2 Å². The van der Waals surface area contributed by atoms with Crippen molar-refractivity contribution in [1.82, 2.24) is 38.6 Å². The lowest BCUT2D eigenvalue weighted by atomic mass is 10.1. The first-order valence-electron chi connectivity index (χ1n) is 21.7.